The summed E-state index contributed by atoms with van der Waals surface area (Å²) in [6.45, 7) is 12.7. The van der Waals surface area contributed by atoms with Gasteiger partial charge in [-0.3, -0.25) is 0 Å². The topological polar surface area (TPSA) is 97.3 Å². The fourth-order valence-corrected chi connectivity index (χ4v) is 10.0. The molecule has 1 fully saturated rings. The van der Waals surface area contributed by atoms with E-state index in [1.807, 2.05) is 18.4 Å². The highest BCUT2D eigenvalue weighted by Crippen LogP contribution is 2.40. The molecule has 0 amide bonds. The number of nitrogens with zero attached hydrogens (tertiary/aromatic N) is 4. The predicted octanol–water partition coefficient (Wildman–Crippen LogP) is 3.75. The van der Waals surface area contributed by atoms with E-state index in [1.54, 1.807) is 6.33 Å². The van der Waals surface area contributed by atoms with Gasteiger partial charge in [0.2, 0.25) is 0 Å². The summed E-state index contributed by atoms with van der Waals surface area (Å²) in [5.41, 5.74) is 6.87. The first kappa shape index (κ1) is 26.5. The van der Waals surface area contributed by atoms with E-state index < -0.39 is 19.5 Å². The Morgan fingerprint density at radius 2 is 1.50 bits per heavy atom. The molecule has 4 aromatic rings. The number of nitrogens with two attached hydrogens (primary N) is 1. The number of nitrogen functional groups attached to an aromatic ring is 1. The third-order valence-corrected chi connectivity index (χ3v) is 12.4. The van der Waals surface area contributed by atoms with Gasteiger partial charge in [0.25, 0.3) is 8.32 Å². The molecule has 0 saturated carbocycles. The second kappa shape index (κ2) is 9.89. The van der Waals surface area contributed by atoms with Crippen LogP contribution in [-0.2, 0) is 20.4 Å². The molecule has 3 heterocycles. The standard InChI is InChI=1S/C29H37N5O3Si/c1-27(2,3)38(22-12-8-6-9-13-22,23-14-10-7-11-15-23)37-19-29(17-35-28(4,5)36-18-29)16-34-21-33-24-25(30)31-20-32-26(24)34/h6-15,20-21H,16-19H2,1-5H3,(H2,30,31,32). The summed E-state index contributed by atoms with van der Waals surface area (Å²) >= 11 is 0. The summed E-state index contributed by atoms with van der Waals surface area (Å²) < 4.78 is 21.9. The third kappa shape index (κ3) is 4.87. The molecule has 9 heteroatoms. The summed E-state index contributed by atoms with van der Waals surface area (Å²) in [4.78, 5) is 13.0. The minimum absolute atomic E-state index is 0.143. The molecule has 0 spiro atoms. The molecule has 0 bridgehead atoms. The van der Waals surface area contributed by atoms with Crippen molar-refractivity contribution in [2.24, 2.45) is 5.41 Å². The van der Waals surface area contributed by atoms with E-state index in [0.717, 1.165) is 0 Å². The minimum atomic E-state index is -2.76. The molecule has 38 heavy (non-hydrogen) atoms. The number of ether oxygens (including phenoxy) is 2. The largest absolute Gasteiger partial charge is 0.407 e. The van der Waals surface area contributed by atoms with E-state index in [2.05, 4.69) is 96.4 Å². The molecule has 0 unspecified atom stereocenters. The maximum absolute atomic E-state index is 7.35. The van der Waals surface area contributed by atoms with Crippen LogP contribution < -0.4 is 16.1 Å². The predicted molar refractivity (Wildman–Crippen MR) is 152 cm³/mol. The molecule has 5 rings (SSSR count). The van der Waals surface area contributed by atoms with Crippen molar-refractivity contribution in [2.45, 2.75) is 52.0 Å². The smallest absolute Gasteiger partial charge is 0.261 e. The molecule has 2 aromatic carbocycles. The van der Waals surface area contributed by atoms with E-state index in [9.17, 15) is 0 Å². The van der Waals surface area contributed by atoms with Gasteiger partial charge in [-0.25, -0.2) is 15.0 Å². The van der Waals surface area contributed by atoms with Crippen molar-refractivity contribution in [3.8, 4) is 0 Å². The lowest BCUT2D eigenvalue weighted by Crippen LogP contribution is -2.68. The number of hydrogen-bond donors (Lipinski definition) is 1. The SMILES string of the molecule is CC1(C)OCC(CO[Si](c2ccccc2)(c2ccccc2)C(C)(C)C)(Cn2cnc3c(N)ncnc32)CO1. The van der Waals surface area contributed by atoms with Crippen LogP contribution in [-0.4, -0.2) is 53.4 Å². The molecule has 200 valence electrons. The van der Waals surface area contributed by atoms with Crippen LogP contribution in [0.5, 0.6) is 0 Å². The van der Waals surface area contributed by atoms with Crippen molar-refractivity contribution in [1.29, 1.82) is 0 Å². The zero-order chi connectivity index (χ0) is 27.0. The van der Waals surface area contributed by atoms with Crippen LogP contribution in [0.3, 0.4) is 0 Å². The Morgan fingerprint density at radius 3 is 2.05 bits per heavy atom. The van der Waals surface area contributed by atoms with E-state index in [-0.39, 0.29) is 5.04 Å². The molecule has 2 aromatic heterocycles. The average molecular weight is 532 g/mol. The number of hydrogen-bond acceptors (Lipinski definition) is 7. The lowest BCUT2D eigenvalue weighted by Gasteiger charge is -2.48. The maximum atomic E-state index is 7.35. The Morgan fingerprint density at radius 1 is 0.921 bits per heavy atom. The van der Waals surface area contributed by atoms with Crippen molar-refractivity contribution in [2.75, 3.05) is 25.6 Å². The van der Waals surface area contributed by atoms with Crippen LogP contribution in [0.4, 0.5) is 5.82 Å². The van der Waals surface area contributed by atoms with Gasteiger partial charge in [-0.1, -0.05) is 81.4 Å². The fourth-order valence-electron chi connectivity index (χ4n) is 5.36. The van der Waals surface area contributed by atoms with Crippen LogP contribution >= 0.6 is 0 Å². The highest BCUT2D eigenvalue weighted by Gasteiger charge is 2.52. The van der Waals surface area contributed by atoms with Crippen molar-refractivity contribution in [1.82, 2.24) is 19.5 Å². The Kier molecular flexibility index (Phi) is 6.89. The summed E-state index contributed by atoms with van der Waals surface area (Å²) in [5.74, 6) is -0.298. The second-order valence-corrected chi connectivity index (χ2v) is 16.0. The summed E-state index contributed by atoms with van der Waals surface area (Å²) in [5, 5.41) is 2.33. The lowest BCUT2D eigenvalue weighted by molar-refractivity contribution is -0.291. The van der Waals surface area contributed by atoms with Crippen molar-refractivity contribution < 1.29 is 13.9 Å². The summed E-state index contributed by atoms with van der Waals surface area (Å²) in [6, 6.07) is 21.3. The number of benzene rings is 2. The van der Waals surface area contributed by atoms with E-state index in [4.69, 9.17) is 19.6 Å². The van der Waals surface area contributed by atoms with Crippen LogP contribution in [0.25, 0.3) is 11.2 Å². The first-order chi connectivity index (χ1) is 18.1. The van der Waals surface area contributed by atoms with Gasteiger partial charge in [-0.2, -0.15) is 0 Å². The van der Waals surface area contributed by atoms with Crippen LogP contribution in [0.1, 0.15) is 34.6 Å². The monoisotopic (exact) mass is 531 g/mol. The van der Waals surface area contributed by atoms with Gasteiger partial charge in [0.1, 0.15) is 11.8 Å². The highest BCUT2D eigenvalue weighted by molar-refractivity contribution is 6.99. The number of aromatic nitrogens is 4. The molecule has 0 radical (unpaired) electrons. The van der Waals surface area contributed by atoms with Gasteiger partial charge >= 0.3 is 0 Å². The van der Waals surface area contributed by atoms with Crippen LogP contribution in [0, 0.1) is 5.41 Å². The van der Waals surface area contributed by atoms with Gasteiger partial charge in [-0.15, -0.1) is 0 Å². The van der Waals surface area contributed by atoms with Crippen LogP contribution in [0.15, 0.2) is 73.3 Å². The Bertz CT molecular complexity index is 1340. The van der Waals surface area contributed by atoms with Gasteiger partial charge in [0.15, 0.2) is 17.3 Å². The van der Waals surface area contributed by atoms with Gasteiger partial charge in [-0.05, 0) is 29.3 Å². The molecule has 1 aliphatic heterocycles. The zero-order valence-electron chi connectivity index (χ0n) is 22.8. The number of imidazole rings is 1. The van der Waals surface area contributed by atoms with Crippen molar-refractivity contribution in [3.63, 3.8) is 0 Å². The highest BCUT2D eigenvalue weighted by atomic mass is 28.4. The van der Waals surface area contributed by atoms with Crippen molar-refractivity contribution in [3.05, 3.63) is 73.3 Å². The molecule has 0 aliphatic carbocycles. The van der Waals surface area contributed by atoms with Crippen LogP contribution in [0.2, 0.25) is 5.04 Å². The first-order valence-corrected chi connectivity index (χ1v) is 14.9. The lowest BCUT2D eigenvalue weighted by atomic mass is 9.89. The van der Waals surface area contributed by atoms with Gasteiger partial charge in [0.05, 0.1) is 25.0 Å². The molecular formula is C29H37N5O3Si. The molecule has 1 saturated heterocycles. The Balaban J connectivity index is 1.57. The molecule has 8 nitrogen and oxygen atoms in total. The average Bonchev–Trinajstić information content (AvgIpc) is 3.30. The quantitative estimate of drug-likeness (QED) is 0.363. The van der Waals surface area contributed by atoms with E-state index in [0.29, 0.717) is 43.3 Å². The number of anilines is 1. The third-order valence-electron chi connectivity index (χ3n) is 7.40. The zero-order valence-corrected chi connectivity index (χ0v) is 23.8. The Labute approximate surface area is 225 Å². The summed E-state index contributed by atoms with van der Waals surface area (Å²) in [7, 11) is -2.76. The maximum Gasteiger partial charge on any atom is 0.261 e. The van der Waals surface area contributed by atoms with Gasteiger partial charge in [0, 0.05) is 13.2 Å². The second-order valence-electron chi connectivity index (χ2n) is 11.7. The van der Waals surface area contributed by atoms with Gasteiger partial charge < -0.3 is 24.2 Å². The number of rotatable bonds is 7. The van der Waals surface area contributed by atoms with Crippen molar-refractivity contribution >= 4 is 35.7 Å². The normalized spacial score (nSPS) is 17.5. The molecule has 0 atom stereocenters. The number of fused-ring (bicyclic) bond motifs is 1. The fraction of sp³-hybridized carbons (Fsp3) is 0.414. The van der Waals surface area contributed by atoms with E-state index >= 15 is 0 Å². The first-order valence-electron chi connectivity index (χ1n) is 13.0. The van der Waals surface area contributed by atoms with E-state index in [1.165, 1.54) is 16.7 Å². The molecular weight excluding hydrogens is 494 g/mol. The molecule has 1 aliphatic rings. The molecule has 2 N–H and O–H groups in total. The Hall–Kier alpha value is -3.11. The minimum Gasteiger partial charge on any atom is -0.407 e. The summed E-state index contributed by atoms with van der Waals surface area (Å²) in [6.07, 6.45) is 3.23.